The predicted octanol–water partition coefficient (Wildman–Crippen LogP) is 3.75. The van der Waals surface area contributed by atoms with E-state index in [1.807, 2.05) is 48.1 Å². The molecule has 0 saturated carbocycles. The number of rotatable bonds is 7. The third kappa shape index (κ3) is 4.61. The molecule has 1 aliphatic rings. The van der Waals surface area contributed by atoms with Gasteiger partial charge in [0.05, 0.1) is 18.5 Å². The first-order valence-electron chi connectivity index (χ1n) is 12.2. The SMILES string of the molecule is Cc1c(CNc2ncnc3nn(Cc4ccc(Cn5ccccc5=O)cc4)cc23)c(F)cc2c1CNC2. The van der Waals surface area contributed by atoms with Gasteiger partial charge >= 0.3 is 0 Å². The van der Waals surface area contributed by atoms with Crippen molar-refractivity contribution >= 4 is 16.9 Å². The van der Waals surface area contributed by atoms with Gasteiger partial charge in [-0.1, -0.05) is 30.3 Å². The molecule has 0 radical (unpaired) electrons. The van der Waals surface area contributed by atoms with E-state index >= 15 is 0 Å². The van der Waals surface area contributed by atoms with Crippen LogP contribution in [0.2, 0.25) is 0 Å². The molecule has 0 amide bonds. The standard InChI is InChI=1S/C28H26FN7O/c1-18-22-12-30-11-21(22)10-25(29)23(18)13-31-27-24-16-36(34-28(24)33-17-32-27)15-20-7-5-19(6-8-20)14-35-9-3-2-4-26(35)37/h2-10,16-17,30H,11-15H2,1H3,(H,31,32,33,34). The van der Waals surface area contributed by atoms with Crippen molar-refractivity contribution in [3.8, 4) is 0 Å². The molecule has 6 rings (SSSR count). The van der Waals surface area contributed by atoms with E-state index in [0.717, 1.165) is 34.2 Å². The van der Waals surface area contributed by atoms with Crippen molar-refractivity contribution < 1.29 is 4.39 Å². The molecule has 0 atom stereocenters. The fourth-order valence-electron chi connectivity index (χ4n) is 4.88. The molecule has 0 saturated heterocycles. The quantitative estimate of drug-likeness (QED) is 0.358. The molecule has 0 fully saturated rings. The minimum Gasteiger partial charge on any atom is -0.365 e. The lowest BCUT2D eigenvalue weighted by atomic mass is 9.98. The van der Waals surface area contributed by atoms with E-state index in [0.29, 0.717) is 43.2 Å². The summed E-state index contributed by atoms with van der Waals surface area (Å²) in [6.45, 7) is 4.87. The molecule has 2 N–H and O–H groups in total. The normalized spacial score (nSPS) is 12.7. The fourth-order valence-corrected chi connectivity index (χ4v) is 4.88. The number of aromatic nitrogens is 5. The Bertz CT molecular complexity index is 1660. The van der Waals surface area contributed by atoms with Crippen molar-refractivity contribution in [2.45, 2.75) is 39.6 Å². The Hall–Kier alpha value is -4.37. The minimum absolute atomic E-state index is 0.0218. The van der Waals surface area contributed by atoms with Crippen LogP contribution in [0.4, 0.5) is 10.2 Å². The first-order valence-corrected chi connectivity index (χ1v) is 12.2. The smallest absolute Gasteiger partial charge is 0.250 e. The number of nitrogens with zero attached hydrogens (tertiary/aromatic N) is 5. The lowest BCUT2D eigenvalue weighted by Gasteiger charge is -2.13. The summed E-state index contributed by atoms with van der Waals surface area (Å²) in [6, 6.07) is 14.9. The van der Waals surface area contributed by atoms with Crippen LogP contribution in [-0.2, 0) is 32.7 Å². The molecule has 0 unspecified atom stereocenters. The van der Waals surface area contributed by atoms with Crippen molar-refractivity contribution in [1.82, 2.24) is 29.6 Å². The van der Waals surface area contributed by atoms with E-state index in [1.165, 1.54) is 11.9 Å². The molecule has 186 valence electrons. The summed E-state index contributed by atoms with van der Waals surface area (Å²) in [5.41, 5.74) is 6.52. The summed E-state index contributed by atoms with van der Waals surface area (Å²) in [6.07, 6.45) is 5.17. The average Bonchev–Trinajstić information content (AvgIpc) is 3.53. The summed E-state index contributed by atoms with van der Waals surface area (Å²) < 4.78 is 18.3. The van der Waals surface area contributed by atoms with Gasteiger partial charge in [0.1, 0.15) is 18.0 Å². The predicted molar refractivity (Wildman–Crippen MR) is 140 cm³/mol. The van der Waals surface area contributed by atoms with Gasteiger partial charge in [-0.15, -0.1) is 0 Å². The van der Waals surface area contributed by atoms with Gasteiger partial charge < -0.3 is 15.2 Å². The van der Waals surface area contributed by atoms with Crippen LogP contribution >= 0.6 is 0 Å². The maximum atomic E-state index is 14.8. The number of anilines is 1. The molecule has 3 aromatic heterocycles. The third-order valence-corrected chi connectivity index (χ3v) is 6.92. The number of hydrogen-bond acceptors (Lipinski definition) is 6. The zero-order chi connectivity index (χ0) is 25.4. The van der Waals surface area contributed by atoms with Crippen LogP contribution in [0, 0.1) is 12.7 Å². The molecule has 5 aromatic rings. The van der Waals surface area contributed by atoms with Crippen molar-refractivity contribution in [3.05, 3.63) is 117 Å². The lowest BCUT2D eigenvalue weighted by Crippen LogP contribution is -2.18. The van der Waals surface area contributed by atoms with Crippen LogP contribution in [-0.4, -0.2) is 24.3 Å². The van der Waals surface area contributed by atoms with Crippen LogP contribution in [0.5, 0.6) is 0 Å². The van der Waals surface area contributed by atoms with Crippen LogP contribution in [0.3, 0.4) is 0 Å². The van der Waals surface area contributed by atoms with Crippen molar-refractivity contribution in [1.29, 1.82) is 0 Å². The van der Waals surface area contributed by atoms with Gasteiger partial charge in [-0.3, -0.25) is 9.48 Å². The first-order chi connectivity index (χ1) is 18.0. The molecule has 4 heterocycles. The Morgan fingerprint density at radius 2 is 1.86 bits per heavy atom. The zero-order valence-corrected chi connectivity index (χ0v) is 20.4. The Kier molecular flexibility index (Phi) is 5.97. The van der Waals surface area contributed by atoms with Crippen molar-refractivity contribution in [2.24, 2.45) is 0 Å². The summed E-state index contributed by atoms with van der Waals surface area (Å²) in [5.74, 6) is 0.423. The third-order valence-electron chi connectivity index (χ3n) is 6.92. The van der Waals surface area contributed by atoms with Crippen LogP contribution in [0.25, 0.3) is 11.0 Å². The Morgan fingerprint density at radius 3 is 2.68 bits per heavy atom. The maximum Gasteiger partial charge on any atom is 0.250 e. The van der Waals surface area contributed by atoms with Gasteiger partial charge in [-0.05, 0) is 46.9 Å². The van der Waals surface area contributed by atoms with Crippen LogP contribution in [0.15, 0.2) is 72.0 Å². The molecule has 0 spiro atoms. The second-order valence-corrected chi connectivity index (χ2v) is 9.33. The topological polar surface area (TPSA) is 89.7 Å². The molecule has 8 nitrogen and oxygen atoms in total. The highest BCUT2D eigenvalue weighted by Gasteiger charge is 2.19. The van der Waals surface area contributed by atoms with Crippen LogP contribution in [0.1, 0.15) is 33.4 Å². The molecular formula is C28H26FN7O. The highest BCUT2D eigenvalue weighted by atomic mass is 19.1. The Morgan fingerprint density at radius 1 is 1.05 bits per heavy atom. The number of benzene rings is 2. The first kappa shape index (κ1) is 23.1. The number of fused-ring (bicyclic) bond motifs is 2. The maximum absolute atomic E-state index is 14.8. The Labute approximate surface area is 212 Å². The van der Waals surface area contributed by atoms with E-state index in [-0.39, 0.29) is 11.4 Å². The van der Waals surface area contributed by atoms with E-state index in [4.69, 9.17) is 0 Å². The number of nitrogens with one attached hydrogen (secondary N) is 2. The molecule has 0 bridgehead atoms. The van der Waals surface area contributed by atoms with Gasteiger partial charge in [0.25, 0.3) is 5.56 Å². The highest BCUT2D eigenvalue weighted by molar-refractivity contribution is 5.85. The summed E-state index contributed by atoms with van der Waals surface area (Å²) in [4.78, 5) is 20.7. The van der Waals surface area contributed by atoms with E-state index in [1.54, 1.807) is 29.0 Å². The second-order valence-electron chi connectivity index (χ2n) is 9.33. The molecule has 2 aromatic carbocycles. The average molecular weight is 496 g/mol. The summed E-state index contributed by atoms with van der Waals surface area (Å²) >= 11 is 0. The molecule has 1 aliphatic heterocycles. The molecular weight excluding hydrogens is 469 g/mol. The molecule has 0 aliphatic carbocycles. The summed E-state index contributed by atoms with van der Waals surface area (Å²) in [5, 5.41) is 12.0. The fraction of sp³-hybridized carbons (Fsp3) is 0.214. The molecule has 37 heavy (non-hydrogen) atoms. The van der Waals surface area contributed by atoms with Crippen molar-refractivity contribution in [3.63, 3.8) is 0 Å². The number of halogens is 1. The Balaban J connectivity index is 1.18. The van der Waals surface area contributed by atoms with E-state index in [9.17, 15) is 9.18 Å². The minimum atomic E-state index is -0.200. The zero-order valence-electron chi connectivity index (χ0n) is 20.4. The largest absolute Gasteiger partial charge is 0.365 e. The van der Waals surface area contributed by atoms with Crippen molar-refractivity contribution in [2.75, 3.05) is 5.32 Å². The van der Waals surface area contributed by atoms with E-state index in [2.05, 4.69) is 25.7 Å². The second kappa shape index (κ2) is 9.59. The molecule has 9 heteroatoms. The van der Waals surface area contributed by atoms with Gasteiger partial charge in [0.2, 0.25) is 0 Å². The van der Waals surface area contributed by atoms with Crippen LogP contribution < -0.4 is 16.2 Å². The number of pyridine rings is 1. The highest BCUT2D eigenvalue weighted by Crippen LogP contribution is 2.27. The van der Waals surface area contributed by atoms with Gasteiger partial charge in [-0.2, -0.15) is 5.10 Å². The summed E-state index contributed by atoms with van der Waals surface area (Å²) in [7, 11) is 0. The number of hydrogen-bond donors (Lipinski definition) is 2. The van der Waals surface area contributed by atoms with Gasteiger partial charge in [0.15, 0.2) is 5.65 Å². The van der Waals surface area contributed by atoms with Gasteiger partial charge in [-0.25, -0.2) is 14.4 Å². The van der Waals surface area contributed by atoms with Gasteiger partial charge in [0, 0.05) is 43.7 Å². The van der Waals surface area contributed by atoms with E-state index < -0.39 is 0 Å². The monoisotopic (exact) mass is 495 g/mol. The lowest BCUT2D eigenvalue weighted by molar-refractivity contribution is 0.608.